The molecule has 0 fully saturated rings. The molecule has 0 saturated heterocycles. The number of nitrogens with one attached hydrogen (secondary N) is 1. The lowest BCUT2D eigenvalue weighted by atomic mass is 9.99. The van der Waals surface area contributed by atoms with Gasteiger partial charge < -0.3 is 14.8 Å². The molecule has 3 aromatic rings. The molecule has 0 saturated carbocycles. The van der Waals surface area contributed by atoms with Gasteiger partial charge in [0.25, 0.3) is 11.8 Å². The van der Waals surface area contributed by atoms with Crippen LogP contribution in [0.1, 0.15) is 16.7 Å². The molecule has 6 nitrogen and oxygen atoms in total. The molecule has 0 aliphatic carbocycles. The summed E-state index contributed by atoms with van der Waals surface area (Å²) in [5.74, 6) is -0.670. The van der Waals surface area contributed by atoms with Crippen molar-refractivity contribution in [1.29, 1.82) is 0 Å². The molecule has 0 spiro atoms. The number of methoxy groups -OCH3 is 2. The third-order valence-electron chi connectivity index (χ3n) is 5.61. The summed E-state index contributed by atoms with van der Waals surface area (Å²) in [7, 11) is 3.04. The van der Waals surface area contributed by atoms with Gasteiger partial charge in [0.15, 0.2) is 0 Å². The van der Waals surface area contributed by atoms with Crippen LogP contribution >= 0.6 is 0 Å². The van der Waals surface area contributed by atoms with Crippen LogP contribution in [0.15, 0.2) is 66.4 Å². The van der Waals surface area contributed by atoms with Gasteiger partial charge >= 0.3 is 0 Å². The van der Waals surface area contributed by atoms with E-state index in [2.05, 4.69) is 5.32 Å². The number of hydrogen-bond acceptors (Lipinski definition) is 5. The fourth-order valence-electron chi connectivity index (χ4n) is 3.71. The number of imide groups is 1. The van der Waals surface area contributed by atoms with Gasteiger partial charge in [-0.15, -0.1) is 0 Å². The lowest BCUT2D eigenvalue weighted by Crippen LogP contribution is -2.32. The molecule has 0 atom stereocenters. The highest BCUT2D eigenvalue weighted by atomic mass is 19.1. The number of nitrogens with zero attached hydrogens (tertiary/aromatic N) is 1. The third kappa shape index (κ3) is 4.05. The molecule has 3 aromatic carbocycles. The zero-order valence-corrected chi connectivity index (χ0v) is 18.7. The van der Waals surface area contributed by atoms with Gasteiger partial charge in [0, 0.05) is 6.07 Å². The molecule has 1 heterocycles. The van der Waals surface area contributed by atoms with Crippen molar-refractivity contribution in [3.05, 3.63) is 88.9 Å². The lowest BCUT2D eigenvalue weighted by molar-refractivity contribution is -0.120. The molecular weight excluding hydrogens is 423 g/mol. The van der Waals surface area contributed by atoms with Crippen LogP contribution in [0.25, 0.3) is 5.57 Å². The lowest BCUT2D eigenvalue weighted by Gasteiger charge is -2.16. The Balaban J connectivity index is 1.88. The quantitative estimate of drug-likeness (QED) is 0.548. The van der Waals surface area contributed by atoms with Crippen molar-refractivity contribution in [2.45, 2.75) is 13.8 Å². The largest absolute Gasteiger partial charge is 0.497 e. The summed E-state index contributed by atoms with van der Waals surface area (Å²) < 4.78 is 24.6. The predicted molar refractivity (Wildman–Crippen MR) is 125 cm³/mol. The SMILES string of the molecule is COc1ccc(OC)c(NC2=C(c3ccc(C)c(C)c3)C(=O)N(c3cccc(F)c3)C2=O)c1. The van der Waals surface area contributed by atoms with Gasteiger partial charge in [0.05, 0.1) is 31.2 Å². The number of benzene rings is 3. The highest BCUT2D eigenvalue weighted by molar-refractivity contribution is 6.46. The molecule has 0 unspecified atom stereocenters. The summed E-state index contributed by atoms with van der Waals surface area (Å²) in [5.41, 5.74) is 3.48. The Morgan fingerprint density at radius 3 is 2.30 bits per heavy atom. The number of halogens is 1. The topological polar surface area (TPSA) is 67.9 Å². The van der Waals surface area contributed by atoms with E-state index in [0.717, 1.165) is 22.1 Å². The zero-order chi connectivity index (χ0) is 23.7. The van der Waals surface area contributed by atoms with Crippen molar-refractivity contribution in [2.24, 2.45) is 0 Å². The second kappa shape index (κ2) is 8.78. The van der Waals surface area contributed by atoms with E-state index >= 15 is 0 Å². The summed E-state index contributed by atoms with van der Waals surface area (Å²) in [6, 6.07) is 16.0. The highest BCUT2D eigenvalue weighted by Gasteiger charge is 2.40. The van der Waals surface area contributed by atoms with E-state index in [4.69, 9.17) is 9.47 Å². The van der Waals surface area contributed by atoms with Crippen LogP contribution < -0.4 is 19.7 Å². The molecule has 0 radical (unpaired) electrons. The van der Waals surface area contributed by atoms with Gasteiger partial charge in [0.2, 0.25) is 0 Å². The first-order valence-electron chi connectivity index (χ1n) is 10.3. The minimum Gasteiger partial charge on any atom is -0.497 e. The van der Waals surface area contributed by atoms with Gasteiger partial charge in [0.1, 0.15) is 23.0 Å². The fraction of sp³-hybridized carbons (Fsp3) is 0.154. The van der Waals surface area contributed by atoms with Crippen LogP contribution in [-0.4, -0.2) is 26.0 Å². The van der Waals surface area contributed by atoms with Crippen molar-refractivity contribution >= 4 is 28.8 Å². The molecule has 1 N–H and O–H groups in total. The summed E-state index contributed by atoms with van der Waals surface area (Å²) in [4.78, 5) is 28.0. The van der Waals surface area contributed by atoms with Crippen molar-refractivity contribution in [3.8, 4) is 11.5 Å². The van der Waals surface area contributed by atoms with Gasteiger partial charge in [-0.25, -0.2) is 9.29 Å². The standard InChI is InChI=1S/C26H23FN2O4/c1-15-8-9-17(12-16(15)2)23-24(28-21-14-20(32-3)10-11-22(21)33-4)26(31)29(25(23)30)19-7-5-6-18(27)13-19/h5-14,28H,1-4H3. The smallest absolute Gasteiger partial charge is 0.282 e. The predicted octanol–water partition coefficient (Wildman–Crippen LogP) is 4.86. The van der Waals surface area contributed by atoms with Crippen LogP contribution in [0.2, 0.25) is 0 Å². The van der Waals surface area contributed by atoms with E-state index in [1.54, 1.807) is 24.3 Å². The zero-order valence-electron chi connectivity index (χ0n) is 18.7. The van der Waals surface area contributed by atoms with E-state index < -0.39 is 17.6 Å². The fourth-order valence-corrected chi connectivity index (χ4v) is 3.71. The van der Waals surface area contributed by atoms with Crippen molar-refractivity contribution < 1.29 is 23.5 Å². The minimum atomic E-state index is -0.594. The normalized spacial score (nSPS) is 13.5. The van der Waals surface area contributed by atoms with Crippen LogP contribution in [-0.2, 0) is 9.59 Å². The van der Waals surface area contributed by atoms with Crippen LogP contribution in [0, 0.1) is 19.7 Å². The highest BCUT2D eigenvalue weighted by Crippen LogP contribution is 2.37. The van der Waals surface area contributed by atoms with Crippen LogP contribution in [0.4, 0.5) is 15.8 Å². The van der Waals surface area contributed by atoms with Gasteiger partial charge in [-0.1, -0.05) is 24.3 Å². The monoisotopic (exact) mass is 446 g/mol. The first kappa shape index (κ1) is 22.1. The number of carbonyl (C=O) groups is 2. The first-order chi connectivity index (χ1) is 15.8. The molecule has 1 aliphatic heterocycles. The van der Waals surface area contributed by atoms with Gasteiger partial charge in [-0.3, -0.25) is 9.59 Å². The van der Waals surface area contributed by atoms with E-state index in [0.29, 0.717) is 22.7 Å². The van der Waals surface area contributed by atoms with Gasteiger partial charge in [-0.2, -0.15) is 0 Å². The summed E-state index contributed by atoms with van der Waals surface area (Å²) in [6.07, 6.45) is 0. The molecule has 0 bridgehead atoms. The number of hydrogen-bond donors (Lipinski definition) is 1. The Kier molecular flexibility index (Phi) is 5.87. The molecule has 168 valence electrons. The van der Waals surface area contributed by atoms with Crippen LogP contribution in [0.3, 0.4) is 0 Å². The maximum Gasteiger partial charge on any atom is 0.282 e. The Hall–Kier alpha value is -4.13. The van der Waals surface area contributed by atoms with E-state index in [1.807, 2.05) is 26.0 Å². The second-order valence-electron chi connectivity index (χ2n) is 7.67. The number of aryl methyl sites for hydroxylation is 2. The Bertz CT molecular complexity index is 1300. The summed E-state index contributed by atoms with van der Waals surface area (Å²) >= 11 is 0. The summed E-state index contributed by atoms with van der Waals surface area (Å²) in [6.45, 7) is 3.90. The average molecular weight is 446 g/mol. The third-order valence-corrected chi connectivity index (χ3v) is 5.61. The average Bonchev–Trinajstić information content (AvgIpc) is 3.04. The van der Waals surface area contributed by atoms with E-state index in [1.165, 1.54) is 32.4 Å². The molecule has 33 heavy (non-hydrogen) atoms. The van der Waals surface area contributed by atoms with Crippen molar-refractivity contribution in [1.82, 2.24) is 0 Å². The molecule has 4 rings (SSSR count). The first-order valence-corrected chi connectivity index (χ1v) is 10.3. The summed E-state index contributed by atoms with van der Waals surface area (Å²) in [5, 5.41) is 3.08. The molecule has 0 aromatic heterocycles. The number of ether oxygens (including phenoxy) is 2. The van der Waals surface area contributed by atoms with E-state index in [-0.39, 0.29) is 17.0 Å². The number of rotatable bonds is 6. The number of carbonyl (C=O) groups excluding carboxylic acids is 2. The Labute approximate surface area is 191 Å². The van der Waals surface area contributed by atoms with E-state index in [9.17, 15) is 14.0 Å². The Morgan fingerprint density at radius 2 is 1.64 bits per heavy atom. The van der Waals surface area contributed by atoms with Crippen molar-refractivity contribution in [3.63, 3.8) is 0 Å². The van der Waals surface area contributed by atoms with Gasteiger partial charge in [-0.05, 0) is 60.9 Å². The molecular formula is C26H23FN2O4. The van der Waals surface area contributed by atoms with Crippen molar-refractivity contribution in [2.75, 3.05) is 24.4 Å². The molecule has 1 aliphatic rings. The van der Waals surface area contributed by atoms with Crippen LogP contribution in [0.5, 0.6) is 11.5 Å². The molecule has 7 heteroatoms. The number of amides is 2. The minimum absolute atomic E-state index is 0.0686. The molecule has 2 amide bonds. The number of anilines is 2. The Morgan fingerprint density at radius 1 is 0.848 bits per heavy atom. The maximum atomic E-state index is 13.9. The second-order valence-corrected chi connectivity index (χ2v) is 7.67. The maximum absolute atomic E-state index is 13.9.